The van der Waals surface area contributed by atoms with Gasteiger partial charge in [-0.3, -0.25) is 4.90 Å². The highest BCUT2D eigenvalue weighted by Gasteiger charge is 2.40. The zero-order chi connectivity index (χ0) is 16.3. The van der Waals surface area contributed by atoms with Crippen molar-refractivity contribution >= 4 is 49.1 Å². The van der Waals surface area contributed by atoms with Crippen LogP contribution in [0.5, 0.6) is 0 Å². The van der Waals surface area contributed by atoms with Gasteiger partial charge in [0.2, 0.25) is 10.0 Å². The minimum atomic E-state index is -3.45. The molecule has 0 radical (unpaired) electrons. The van der Waals surface area contributed by atoms with Crippen LogP contribution >= 0.6 is 39.0 Å². The molecule has 0 atom stereocenters. The van der Waals surface area contributed by atoms with Gasteiger partial charge in [-0.25, -0.2) is 13.1 Å². The summed E-state index contributed by atoms with van der Waals surface area (Å²) in [6.07, 6.45) is 1.77. The third-order valence-corrected chi connectivity index (χ3v) is 8.97. The summed E-state index contributed by atoms with van der Waals surface area (Å²) in [5.41, 5.74) is -0.110. The van der Waals surface area contributed by atoms with E-state index in [9.17, 15) is 8.42 Å². The molecule has 130 valence electrons. The molecule has 0 aliphatic carbocycles. The lowest BCUT2D eigenvalue weighted by Crippen LogP contribution is -2.60. The van der Waals surface area contributed by atoms with Gasteiger partial charge in [0.25, 0.3) is 0 Å². The Labute approximate surface area is 154 Å². The number of nitrogens with zero attached hydrogens (tertiary/aromatic N) is 1. The van der Waals surface area contributed by atoms with Crippen LogP contribution < -0.4 is 4.72 Å². The Balaban J connectivity index is 1.73. The third-order valence-electron chi connectivity index (χ3n) is 4.51. The number of sulfonamides is 1. The number of hydrogen-bond donors (Lipinski definition) is 1. The van der Waals surface area contributed by atoms with Crippen LogP contribution in [0.2, 0.25) is 0 Å². The van der Waals surface area contributed by atoms with Gasteiger partial charge in [-0.2, -0.15) is 11.8 Å². The molecule has 0 unspecified atom stereocenters. The number of nitrogens with one attached hydrogen (secondary N) is 1. The molecule has 3 rings (SSSR count). The Hall–Kier alpha value is 0.360. The van der Waals surface area contributed by atoms with Crippen molar-refractivity contribution in [1.29, 1.82) is 0 Å². The van der Waals surface area contributed by atoms with Crippen molar-refractivity contribution in [3.05, 3.63) is 15.9 Å². The molecule has 0 amide bonds. The van der Waals surface area contributed by atoms with Crippen molar-refractivity contribution in [2.45, 2.75) is 22.6 Å². The molecule has 0 bridgehead atoms. The molecule has 5 nitrogen and oxygen atoms in total. The number of hydrogen-bond acceptors (Lipinski definition) is 6. The van der Waals surface area contributed by atoms with Gasteiger partial charge in [0.15, 0.2) is 0 Å². The van der Waals surface area contributed by atoms with Gasteiger partial charge in [0.1, 0.15) is 4.21 Å². The summed E-state index contributed by atoms with van der Waals surface area (Å²) in [4.78, 5) is 2.47. The molecule has 1 N–H and O–H groups in total. The van der Waals surface area contributed by atoms with Crippen molar-refractivity contribution in [1.82, 2.24) is 9.62 Å². The maximum Gasteiger partial charge on any atom is 0.250 e. The molecule has 2 fully saturated rings. The smallest absolute Gasteiger partial charge is 0.250 e. The fraction of sp³-hybridized carbons (Fsp3) is 0.714. The van der Waals surface area contributed by atoms with Crippen LogP contribution in [0.15, 0.2) is 20.1 Å². The summed E-state index contributed by atoms with van der Waals surface area (Å²) in [7, 11) is -3.45. The van der Waals surface area contributed by atoms with Gasteiger partial charge in [-0.1, -0.05) is 0 Å². The molecule has 0 saturated carbocycles. The lowest BCUT2D eigenvalue weighted by molar-refractivity contribution is -0.0218. The second-order valence-corrected chi connectivity index (χ2v) is 11.5. The van der Waals surface area contributed by atoms with Crippen LogP contribution in [0.4, 0.5) is 0 Å². The molecule has 2 aliphatic heterocycles. The Morgan fingerprint density at radius 2 is 1.96 bits per heavy atom. The SMILES string of the molecule is O=S(=O)(NCC1(N2CCSCC2)CCOCC1)c1ccc(Br)s1. The molecule has 2 aliphatic rings. The van der Waals surface area contributed by atoms with Gasteiger partial charge >= 0.3 is 0 Å². The average Bonchev–Trinajstić information content (AvgIpc) is 3.02. The minimum Gasteiger partial charge on any atom is -0.381 e. The standard InChI is InChI=1S/C14H21BrN2O3S3/c15-12-1-2-13(22-12)23(18,19)16-11-14(3-7-20-8-4-14)17-5-9-21-10-6-17/h1-2,16H,3-11H2. The summed E-state index contributed by atoms with van der Waals surface area (Å²) in [6, 6.07) is 3.41. The van der Waals surface area contributed by atoms with Crippen molar-refractivity contribution in [2.24, 2.45) is 0 Å². The van der Waals surface area contributed by atoms with Crippen LogP contribution in [0, 0.1) is 0 Å². The first-order chi connectivity index (χ1) is 11.0. The zero-order valence-electron chi connectivity index (χ0n) is 12.8. The number of ether oxygens (including phenoxy) is 1. The van der Waals surface area contributed by atoms with E-state index in [4.69, 9.17) is 4.74 Å². The maximum absolute atomic E-state index is 12.5. The van der Waals surface area contributed by atoms with Crippen molar-refractivity contribution in [2.75, 3.05) is 44.4 Å². The van der Waals surface area contributed by atoms with Crippen LogP contribution in [0.1, 0.15) is 12.8 Å². The predicted molar refractivity (Wildman–Crippen MR) is 98.9 cm³/mol. The second kappa shape index (κ2) is 7.72. The fourth-order valence-electron chi connectivity index (χ4n) is 3.14. The van der Waals surface area contributed by atoms with Crippen LogP contribution in [-0.4, -0.2) is 63.2 Å². The van der Waals surface area contributed by atoms with Gasteiger partial charge < -0.3 is 4.74 Å². The van der Waals surface area contributed by atoms with E-state index in [1.807, 2.05) is 11.8 Å². The maximum atomic E-state index is 12.5. The monoisotopic (exact) mass is 440 g/mol. The van der Waals surface area contributed by atoms with E-state index >= 15 is 0 Å². The summed E-state index contributed by atoms with van der Waals surface area (Å²) in [5.74, 6) is 2.24. The van der Waals surface area contributed by atoms with Gasteiger partial charge in [-0.15, -0.1) is 11.3 Å². The Kier molecular flexibility index (Phi) is 6.09. The molecule has 1 aromatic heterocycles. The van der Waals surface area contributed by atoms with Gasteiger partial charge in [-0.05, 0) is 40.9 Å². The van der Waals surface area contributed by atoms with E-state index < -0.39 is 10.0 Å². The van der Waals surface area contributed by atoms with Gasteiger partial charge in [0, 0.05) is 49.9 Å². The van der Waals surface area contributed by atoms with Crippen LogP contribution in [0.25, 0.3) is 0 Å². The number of halogens is 1. The first kappa shape index (κ1) is 18.2. The quantitative estimate of drug-likeness (QED) is 0.761. The highest BCUT2D eigenvalue weighted by Crippen LogP contribution is 2.31. The first-order valence-corrected chi connectivity index (χ1v) is 11.9. The topological polar surface area (TPSA) is 58.6 Å². The molecule has 0 aromatic carbocycles. The molecule has 2 saturated heterocycles. The van der Waals surface area contributed by atoms with E-state index in [1.165, 1.54) is 11.3 Å². The Morgan fingerprint density at radius 1 is 1.26 bits per heavy atom. The first-order valence-electron chi connectivity index (χ1n) is 7.67. The van der Waals surface area contributed by atoms with E-state index in [2.05, 4.69) is 25.6 Å². The van der Waals surface area contributed by atoms with Crippen molar-refractivity contribution in [3.8, 4) is 0 Å². The molecule has 3 heterocycles. The third kappa shape index (κ3) is 4.31. The van der Waals surface area contributed by atoms with Crippen LogP contribution in [0.3, 0.4) is 0 Å². The molecular weight excluding hydrogens is 420 g/mol. The Bertz CT molecular complexity index is 623. The summed E-state index contributed by atoms with van der Waals surface area (Å²) < 4.78 is 34.6. The van der Waals surface area contributed by atoms with E-state index in [0.717, 1.165) is 41.2 Å². The minimum absolute atomic E-state index is 0.110. The fourth-order valence-corrected chi connectivity index (χ4v) is 7.21. The number of rotatable bonds is 5. The van der Waals surface area contributed by atoms with E-state index in [-0.39, 0.29) is 5.54 Å². The Morgan fingerprint density at radius 3 is 2.57 bits per heavy atom. The molecule has 1 aromatic rings. The number of thiophene rings is 1. The summed E-state index contributed by atoms with van der Waals surface area (Å²) >= 11 is 6.53. The number of thioether (sulfide) groups is 1. The molecular formula is C14H21BrN2O3S3. The van der Waals surface area contributed by atoms with Gasteiger partial charge in [0.05, 0.1) is 3.79 Å². The molecule has 0 spiro atoms. The van der Waals surface area contributed by atoms with Crippen molar-refractivity contribution < 1.29 is 13.2 Å². The second-order valence-electron chi connectivity index (χ2n) is 5.82. The lowest BCUT2D eigenvalue weighted by Gasteiger charge is -2.47. The molecule has 23 heavy (non-hydrogen) atoms. The lowest BCUT2D eigenvalue weighted by atomic mass is 9.88. The van der Waals surface area contributed by atoms with Crippen molar-refractivity contribution in [3.63, 3.8) is 0 Å². The normalized spacial score (nSPS) is 23.0. The highest BCUT2D eigenvalue weighted by molar-refractivity contribution is 9.11. The summed E-state index contributed by atoms with van der Waals surface area (Å²) in [5, 5.41) is 0. The van der Waals surface area contributed by atoms with Crippen LogP contribution in [-0.2, 0) is 14.8 Å². The highest BCUT2D eigenvalue weighted by atomic mass is 79.9. The summed E-state index contributed by atoms with van der Waals surface area (Å²) in [6.45, 7) is 3.92. The molecule has 9 heteroatoms. The average molecular weight is 441 g/mol. The predicted octanol–water partition coefficient (Wildman–Crippen LogP) is 2.39. The van der Waals surface area contributed by atoms with E-state index in [1.54, 1.807) is 12.1 Å². The van der Waals surface area contributed by atoms with E-state index in [0.29, 0.717) is 24.0 Å². The largest absolute Gasteiger partial charge is 0.381 e. The zero-order valence-corrected chi connectivity index (χ0v) is 16.8.